The quantitative estimate of drug-likeness (QED) is 0.927. The van der Waals surface area contributed by atoms with E-state index < -0.39 is 0 Å². The predicted octanol–water partition coefficient (Wildman–Crippen LogP) is 2.66. The van der Waals surface area contributed by atoms with Crippen molar-refractivity contribution in [2.45, 2.75) is 31.4 Å². The first-order valence-electron chi connectivity index (χ1n) is 8.12. The largest absolute Gasteiger partial charge is 0.497 e. The van der Waals surface area contributed by atoms with Crippen LogP contribution in [0.25, 0.3) is 0 Å². The van der Waals surface area contributed by atoms with Crippen molar-refractivity contribution in [3.8, 4) is 5.75 Å². The van der Waals surface area contributed by atoms with Gasteiger partial charge in [0.25, 0.3) is 0 Å². The van der Waals surface area contributed by atoms with Gasteiger partial charge >= 0.3 is 0 Å². The summed E-state index contributed by atoms with van der Waals surface area (Å²) in [6, 6.07) is 6.82. The van der Waals surface area contributed by atoms with Gasteiger partial charge in [-0.05, 0) is 42.5 Å². The van der Waals surface area contributed by atoms with E-state index in [-0.39, 0.29) is 0 Å². The smallest absolute Gasteiger partial charge is 0.119 e. The van der Waals surface area contributed by atoms with E-state index in [4.69, 9.17) is 9.47 Å². The molecule has 2 heterocycles. The standard InChI is InChI=1S/C17H24N2O2/c1-20-13-5-6-15-14(9-13)16(10-18-15)19-7-8-21-17(11-19)12-3-2-4-12/h5-6,9,12,16-18H,2-4,7-8,10-11H2,1H3. The van der Waals surface area contributed by atoms with E-state index in [0.717, 1.165) is 37.9 Å². The summed E-state index contributed by atoms with van der Waals surface area (Å²) >= 11 is 0. The molecule has 4 nitrogen and oxygen atoms in total. The Morgan fingerprint density at radius 1 is 1.33 bits per heavy atom. The topological polar surface area (TPSA) is 33.7 Å². The maximum Gasteiger partial charge on any atom is 0.119 e. The van der Waals surface area contributed by atoms with Gasteiger partial charge < -0.3 is 14.8 Å². The van der Waals surface area contributed by atoms with Crippen LogP contribution in [0, 0.1) is 5.92 Å². The third-order valence-corrected chi connectivity index (χ3v) is 5.34. The van der Waals surface area contributed by atoms with Gasteiger partial charge in [0, 0.05) is 25.3 Å². The molecule has 2 fully saturated rings. The second-order valence-electron chi connectivity index (χ2n) is 6.45. The maximum atomic E-state index is 6.02. The lowest BCUT2D eigenvalue weighted by Gasteiger charge is -2.42. The normalized spacial score (nSPS) is 29.6. The number of hydrogen-bond donors (Lipinski definition) is 1. The number of nitrogens with one attached hydrogen (secondary N) is 1. The molecule has 2 aliphatic heterocycles. The van der Waals surface area contributed by atoms with Crippen LogP contribution < -0.4 is 10.1 Å². The van der Waals surface area contributed by atoms with E-state index in [0.29, 0.717) is 12.1 Å². The minimum Gasteiger partial charge on any atom is -0.497 e. The molecule has 0 radical (unpaired) electrons. The Kier molecular flexibility index (Phi) is 3.51. The number of fused-ring (bicyclic) bond motifs is 1. The summed E-state index contributed by atoms with van der Waals surface area (Å²) in [4.78, 5) is 2.60. The molecule has 0 spiro atoms. The van der Waals surface area contributed by atoms with E-state index in [2.05, 4.69) is 22.3 Å². The molecule has 1 aromatic rings. The summed E-state index contributed by atoms with van der Waals surface area (Å²) in [5.74, 6) is 1.75. The predicted molar refractivity (Wildman–Crippen MR) is 82.9 cm³/mol. The molecule has 1 aromatic carbocycles. The van der Waals surface area contributed by atoms with Crippen molar-refractivity contribution in [3.05, 3.63) is 23.8 Å². The van der Waals surface area contributed by atoms with E-state index in [1.165, 1.54) is 30.5 Å². The first-order chi connectivity index (χ1) is 10.3. The fourth-order valence-corrected chi connectivity index (χ4v) is 3.82. The third-order valence-electron chi connectivity index (χ3n) is 5.34. The first kappa shape index (κ1) is 13.4. The Balaban J connectivity index is 1.52. The number of benzene rings is 1. The number of ether oxygens (including phenoxy) is 2. The molecular weight excluding hydrogens is 264 g/mol. The molecule has 1 saturated heterocycles. The average molecular weight is 288 g/mol. The van der Waals surface area contributed by atoms with Gasteiger partial charge in [-0.25, -0.2) is 0 Å². The molecule has 2 atom stereocenters. The maximum absolute atomic E-state index is 6.02. The van der Waals surface area contributed by atoms with Gasteiger partial charge in [-0.3, -0.25) is 4.90 Å². The van der Waals surface area contributed by atoms with Crippen molar-refractivity contribution in [1.82, 2.24) is 4.90 Å². The molecular formula is C17H24N2O2. The van der Waals surface area contributed by atoms with E-state index >= 15 is 0 Å². The number of anilines is 1. The number of methoxy groups -OCH3 is 1. The Bertz CT molecular complexity index is 516. The van der Waals surface area contributed by atoms with Crippen LogP contribution in [0.15, 0.2) is 18.2 Å². The lowest BCUT2D eigenvalue weighted by Crippen LogP contribution is -2.48. The van der Waals surface area contributed by atoms with Gasteiger partial charge in [0.1, 0.15) is 5.75 Å². The van der Waals surface area contributed by atoms with Gasteiger partial charge in [-0.15, -0.1) is 0 Å². The second kappa shape index (κ2) is 5.50. The first-order valence-corrected chi connectivity index (χ1v) is 8.12. The average Bonchev–Trinajstić information content (AvgIpc) is 2.88. The lowest BCUT2D eigenvalue weighted by molar-refractivity contribution is -0.0837. The van der Waals surface area contributed by atoms with Crippen LogP contribution in [0.2, 0.25) is 0 Å². The molecule has 1 N–H and O–H groups in total. The van der Waals surface area contributed by atoms with Crippen LogP contribution in [0.3, 0.4) is 0 Å². The van der Waals surface area contributed by atoms with Crippen LogP contribution in [0.1, 0.15) is 30.9 Å². The summed E-state index contributed by atoms with van der Waals surface area (Å²) in [6.07, 6.45) is 4.54. The van der Waals surface area contributed by atoms with Gasteiger partial charge in [0.05, 0.1) is 25.9 Å². The van der Waals surface area contributed by atoms with Crippen molar-refractivity contribution in [2.75, 3.05) is 38.7 Å². The van der Waals surface area contributed by atoms with Gasteiger partial charge in [0.2, 0.25) is 0 Å². The number of hydrogen-bond acceptors (Lipinski definition) is 4. The molecule has 4 heteroatoms. The Hall–Kier alpha value is -1.26. The van der Waals surface area contributed by atoms with Crippen LogP contribution in [0.5, 0.6) is 5.75 Å². The van der Waals surface area contributed by atoms with E-state index in [9.17, 15) is 0 Å². The summed E-state index contributed by atoms with van der Waals surface area (Å²) in [6.45, 7) is 3.98. The molecule has 3 aliphatic rings. The fourth-order valence-electron chi connectivity index (χ4n) is 3.82. The molecule has 4 rings (SSSR count). The minimum atomic E-state index is 0.446. The van der Waals surface area contributed by atoms with Gasteiger partial charge in [-0.1, -0.05) is 6.42 Å². The van der Waals surface area contributed by atoms with Crippen LogP contribution in [-0.2, 0) is 4.74 Å². The number of morpholine rings is 1. The molecule has 0 aromatic heterocycles. The zero-order valence-electron chi connectivity index (χ0n) is 12.7. The van der Waals surface area contributed by atoms with Crippen LogP contribution in [-0.4, -0.2) is 44.4 Å². The Morgan fingerprint density at radius 2 is 2.24 bits per heavy atom. The molecule has 1 saturated carbocycles. The Morgan fingerprint density at radius 3 is 3.00 bits per heavy atom. The van der Waals surface area contributed by atoms with E-state index in [1.807, 2.05) is 6.07 Å². The molecule has 0 amide bonds. The van der Waals surface area contributed by atoms with Crippen molar-refractivity contribution in [2.24, 2.45) is 5.92 Å². The monoisotopic (exact) mass is 288 g/mol. The van der Waals surface area contributed by atoms with Crippen LogP contribution >= 0.6 is 0 Å². The minimum absolute atomic E-state index is 0.446. The van der Waals surface area contributed by atoms with Gasteiger partial charge in [-0.2, -0.15) is 0 Å². The number of nitrogens with zero attached hydrogens (tertiary/aromatic N) is 1. The van der Waals surface area contributed by atoms with Crippen molar-refractivity contribution in [3.63, 3.8) is 0 Å². The number of rotatable bonds is 3. The summed E-state index contributed by atoms with van der Waals surface area (Å²) < 4.78 is 11.4. The summed E-state index contributed by atoms with van der Waals surface area (Å²) in [5, 5.41) is 3.53. The van der Waals surface area contributed by atoms with Crippen LogP contribution in [0.4, 0.5) is 5.69 Å². The summed E-state index contributed by atoms with van der Waals surface area (Å²) in [7, 11) is 1.74. The highest BCUT2D eigenvalue weighted by Gasteiger charge is 2.36. The fraction of sp³-hybridized carbons (Fsp3) is 0.647. The third kappa shape index (κ3) is 2.40. The highest BCUT2D eigenvalue weighted by molar-refractivity contribution is 5.59. The van der Waals surface area contributed by atoms with Crippen molar-refractivity contribution < 1.29 is 9.47 Å². The highest BCUT2D eigenvalue weighted by Crippen LogP contribution is 2.39. The van der Waals surface area contributed by atoms with Gasteiger partial charge in [0.15, 0.2) is 0 Å². The SMILES string of the molecule is COc1ccc2c(c1)C(N1CCOC(C3CCC3)C1)CN2. The Labute approximate surface area is 126 Å². The second-order valence-corrected chi connectivity index (χ2v) is 6.45. The molecule has 0 bridgehead atoms. The summed E-state index contributed by atoms with van der Waals surface area (Å²) in [5.41, 5.74) is 2.64. The zero-order chi connectivity index (χ0) is 14.2. The van der Waals surface area contributed by atoms with Crippen molar-refractivity contribution >= 4 is 5.69 Å². The molecule has 21 heavy (non-hydrogen) atoms. The molecule has 1 aliphatic carbocycles. The van der Waals surface area contributed by atoms with Crippen molar-refractivity contribution in [1.29, 1.82) is 0 Å². The molecule has 2 unspecified atom stereocenters. The highest BCUT2D eigenvalue weighted by atomic mass is 16.5. The zero-order valence-corrected chi connectivity index (χ0v) is 12.7. The lowest BCUT2D eigenvalue weighted by atomic mass is 9.80. The van der Waals surface area contributed by atoms with E-state index in [1.54, 1.807) is 7.11 Å². The molecule has 114 valence electrons.